The van der Waals surface area contributed by atoms with Gasteiger partial charge in [-0.3, -0.25) is 5.32 Å². The maximum absolute atomic E-state index is 9.84. The minimum absolute atomic E-state index is 0.298. The lowest BCUT2D eigenvalue weighted by Gasteiger charge is -2.04. The lowest BCUT2D eigenvalue weighted by atomic mass is 10.6. The van der Waals surface area contributed by atoms with E-state index in [1.54, 1.807) is 0 Å². The van der Waals surface area contributed by atoms with Crippen LogP contribution in [0.3, 0.4) is 0 Å². The van der Waals surface area contributed by atoms with Crippen molar-refractivity contribution < 1.29 is 19.4 Å². The van der Waals surface area contributed by atoms with E-state index in [-0.39, 0.29) is 0 Å². The van der Waals surface area contributed by atoms with Gasteiger partial charge < -0.3 is 14.6 Å². The van der Waals surface area contributed by atoms with Crippen LogP contribution in [0.1, 0.15) is 0 Å². The summed E-state index contributed by atoms with van der Waals surface area (Å²) in [5, 5.41) is 10.7. The summed E-state index contributed by atoms with van der Waals surface area (Å²) in [6, 6.07) is 0. The molecular weight excluding hydrogens is 126 g/mol. The average Bonchev–Trinajstić information content (AvgIpc) is 2.15. The van der Waals surface area contributed by atoms with Crippen LogP contribution >= 0.6 is 0 Å². The third kappa shape index (κ3) is 1.87. The quantitative estimate of drug-likeness (QED) is 0.476. The molecule has 1 fully saturated rings. The molecule has 1 unspecified atom stereocenters. The summed E-state index contributed by atoms with van der Waals surface area (Å²) in [7, 11) is 0. The first-order valence-electron chi connectivity index (χ1n) is 2.50. The van der Waals surface area contributed by atoms with Crippen LogP contribution in [-0.4, -0.2) is 30.8 Å². The predicted octanol–water partition coefficient (Wildman–Crippen LogP) is -0.416. The number of nitrogens with one attached hydrogen (secondary N) is 1. The Hall–Kier alpha value is -0.810. The molecule has 0 aromatic carbocycles. The number of hydrogen-bond donors (Lipinski definition) is 2. The second-order valence-corrected chi connectivity index (χ2v) is 1.59. The van der Waals surface area contributed by atoms with Gasteiger partial charge in [-0.2, -0.15) is 0 Å². The van der Waals surface area contributed by atoms with Crippen LogP contribution in [0.15, 0.2) is 0 Å². The lowest BCUT2D eigenvalue weighted by molar-refractivity contribution is 0.0396. The summed E-state index contributed by atoms with van der Waals surface area (Å²) >= 11 is 0. The van der Waals surface area contributed by atoms with Crippen molar-refractivity contribution in [3.63, 3.8) is 0 Å². The fraction of sp³-hybridized carbons (Fsp3) is 0.750. The molecule has 1 rings (SSSR count). The molecule has 5 nitrogen and oxygen atoms in total. The number of carboxylic acid groups (broad SMARTS) is 1. The van der Waals surface area contributed by atoms with Crippen molar-refractivity contribution >= 4 is 6.16 Å². The summed E-state index contributed by atoms with van der Waals surface area (Å²) in [6.45, 7) is 0.657. The van der Waals surface area contributed by atoms with Crippen molar-refractivity contribution in [3.05, 3.63) is 0 Å². The predicted molar refractivity (Wildman–Crippen MR) is 26.9 cm³/mol. The molecule has 52 valence electrons. The summed E-state index contributed by atoms with van der Waals surface area (Å²) in [6.07, 6.45) is -1.76. The van der Waals surface area contributed by atoms with Gasteiger partial charge in [0.15, 0.2) is 6.23 Å². The van der Waals surface area contributed by atoms with Gasteiger partial charge in [-0.15, -0.1) is 0 Å². The van der Waals surface area contributed by atoms with Crippen molar-refractivity contribution in [2.45, 2.75) is 6.23 Å². The number of rotatable bonds is 1. The highest BCUT2D eigenvalue weighted by molar-refractivity contribution is 5.57. The molecule has 1 heterocycles. The van der Waals surface area contributed by atoms with Crippen molar-refractivity contribution in [1.82, 2.24) is 5.32 Å². The van der Waals surface area contributed by atoms with Crippen LogP contribution in [0, 0.1) is 0 Å². The van der Waals surface area contributed by atoms with E-state index in [2.05, 4.69) is 10.1 Å². The molecule has 1 atom stereocenters. The topological polar surface area (TPSA) is 67.8 Å². The number of ether oxygens (including phenoxy) is 2. The molecule has 0 aliphatic carbocycles. The Morgan fingerprint density at radius 3 is 3.11 bits per heavy atom. The Morgan fingerprint density at radius 1 is 1.89 bits per heavy atom. The average molecular weight is 133 g/mol. The first-order valence-corrected chi connectivity index (χ1v) is 2.50. The summed E-state index contributed by atoms with van der Waals surface area (Å²) < 4.78 is 9.05. The molecule has 0 spiro atoms. The molecule has 5 heteroatoms. The lowest BCUT2D eigenvalue weighted by Crippen LogP contribution is -2.28. The maximum Gasteiger partial charge on any atom is 0.507 e. The van der Waals surface area contributed by atoms with Crippen LogP contribution in [0.5, 0.6) is 0 Å². The number of hydrogen-bond acceptors (Lipinski definition) is 4. The van der Waals surface area contributed by atoms with E-state index >= 15 is 0 Å². The van der Waals surface area contributed by atoms with E-state index in [1.165, 1.54) is 0 Å². The van der Waals surface area contributed by atoms with Crippen molar-refractivity contribution in [2.75, 3.05) is 13.3 Å². The zero-order valence-corrected chi connectivity index (χ0v) is 4.66. The second-order valence-electron chi connectivity index (χ2n) is 1.59. The van der Waals surface area contributed by atoms with Gasteiger partial charge in [-0.1, -0.05) is 0 Å². The van der Waals surface area contributed by atoms with Gasteiger partial charge in [-0.25, -0.2) is 4.79 Å². The second kappa shape index (κ2) is 2.65. The van der Waals surface area contributed by atoms with Crippen molar-refractivity contribution in [2.24, 2.45) is 0 Å². The van der Waals surface area contributed by atoms with Gasteiger partial charge in [0.1, 0.15) is 0 Å². The van der Waals surface area contributed by atoms with Crippen molar-refractivity contribution in [3.8, 4) is 0 Å². The van der Waals surface area contributed by atoms with Crippen LogP contribution in [0.4, 0.5) is 4.79 Å². The van der Waals surface area contributed by atoms with Gasteiger partial charge in [0.05, 0.1) is 13.3 Å². The van der Waals surface area contributed by atoms with E-state index in [0.29, 0.717) is 13.3 Å². The van der Waals surface area contributed by atoms with Gasteiger partial charge in [0.25, 0.3) is 0 Å². The Kier molecular flexibility index (Phi) is 1.86. The molecule has 0 amide bonds. The van der Waals surface area contributed by atoms with Crippen LogP contribution in [0.2, 0.25) is 0 Å². The Bertz CT molecular complexity index is 109. The third-order valence-corrected chi connectivity index (χ3v) is 0.925. The van der Waals surface area contributed by atoms with Crippen molar-refractivity contribution in [1.29, 1.82) is 0 Å². The van der Waals surface area contributed by atoms with Crippen LogP contribution < -0.4 is 5.32 Å². The minimum atomic E-state index is -1.28. The van der Waals surface area contributed by atoms with E-state index in [1.807, 2.05) is 0 Å². The molecule has 1 aliphatic rings. The highest BCUT2D eigenvalue weighted by Gasteiger charge is 2.17. The van der Waals surface area contributed by atoms with Gasteiger partial charge >= 0.3 is 6.16 Å². The summed E-state index contributed by atoms with van der Waals surface area (Å²) in [5.74, 6) is 0. The molecule has 1 saturated heterocycles. The molecule has 0 bridgehead atoms. The molecule has 0 saturated carbocycles. The fourth-order valence-electron chi connectivity index (χ4n) is 0.574. The molecule has 2 N–H and O–H groups in total. The van der Waals surface area contributed by atoms with E-state index in [9.17, 15) is 4.79 Å². The zero-order valence-electron chi connectivity index (χ0n) is 4.66. The molecular formula is C4H7NO4. The normalized spacial score (nSPS) is 26.0. The maximum atomic E-state index is 9.84. The van der Waals surface area contributed by atoms with Crippen LogP contribution in [0.25, 0.3) is 0 Å². The molecule has 0 aromatic heterocycles. The molecule has 0 radical (unpaired) electrons. The molecule has 0 aromatic rings. The zero-order chi connectivity index (χ0) is 6.69. The van der Waals surface area contributed by atoms with Gasteiger partial charge in [0, 0.05) is 0 Å². The monoisotopic (exact) mass is 133 g/mol. The number of carbonyl (C=O) groups is 1. The highest BCUT2D eigenvalue weighted by Crippen LogP contribution is 1.95. The summed E-state index contributed by atoms with van der Waals surface area (Å²) in [5.41, 5.74) is 0. The Balaban J connectivity index is 2.19. The third-order valence-electron chi connectivity index (χ3n) is 0.925. The van der Waals surface area contributed by atoms with Gasteiger partial charge in [-0.05, 0) is 0 Å². The largest absolute Gasteiger partial charge is 0.507 e. The fourth-order valence-corrected chi connectivity index (χ4v) is 0.574. The summed E-state index contributed by atoms with van der Waals surface area (Å²) in [4.78, 5) is 9.84. The van der Waals surface area contributed by atoms with Gasteiger partial charge in [0.2, 0.25) is 0 Å². The first-order chi connectivity index (χ1) is 4.29. The standard InChI is InChI=1S/C4H7NO4/c6-4(7)9-3-1-8-2-5-3/h3,5H,1-2H2,(H,6,7). The SMILES string of the molecule is O=C(O)OC1COCN1. The Labute approximate surface area is 51.6 Å². The van der Waals surface area contributed by atoms with E-state index < -0.39 is 12.4 Å². The minimum Gasteiger partial charge on any atom is -0.450 e. The smallest absolute Gasteiger partial charge is 0.450 e. The van der Waals surface area contributed by atoms with Crippen LogP contribution in [-0.2, 0) is 9.47 Å². The van der Waals surface area contributed by atoms with E-state index in [0.717, 1.165) is 0 Å². The van der Waals surface area contributed by atoms with E-state index in [4.69, 9.17) is 9.84 Å². The highest BCUT2D eigenvalue weighted by atomic mass is 16.7. The Morgan fingerprint density at radius 2 is 2.67 bits per heavy atom. The first kappa shape index (κ1) is 6.31. The molecule has 1 aliphatic heterocycles. The molecule has 9 heavy (non-hydrogen) atoms.